The summed E-state index contributed by atoms with van der Waals surface area (Å²) in [5.41, 5.74) is -0.577. The van der Waals surface area contributed by atoms with Gasteiger partial charge >= 0.3 is 6.09 Å². The fourth-order valence-electron chi connectivity index (χ4n) is 4.33. The maximum absolute atomic E-state index is 12.5. The summed E-state index contributed by atoms with van der Waals surface area (Å²) in [7, 11) is 0. The largest absolute Gasteiger partial charge is 0.465 e. The monoisotopic (exact) mass is 529 g/mol. The fraction of sp³-hybridized carbons (Fsp3) is 0.517. The van der Waals surface area contributed by atoms with Crippen molar-refractivity contribution < 1.29 is 30.0 Å². The molecule has 9 nitrogen and oxygen atoms in total. The van der Waals surface area contributed by atoms with Gasteiger partial charge in [0.15, 0.2) is 0 Å². The Balaban J connectivity index is 2.13. The van der Waals surface area contributed by atoms with Gasteiger partial charge in [0, 0.05) is 18.6 Å². The summed E-state index contributed by atoms with van der Waals surface area (Å²) in [5, 5.41) is 47.9. The van der Waals surface area contributed by atoms with E-state index in [0.717, 1.165) is 11.1 Å². The van der Waals surface area contributed by atoms with Crippen LogP contribution in [0.2, 0.25) is 0 Å². The summed E-state index contributed by atoms with van der Waals surface area (Å²) in [6.07, 6.45) is -2.60. The zero-order valence-electron chi connectivity index (χ0n) is 23.0. The van der Waals surface area contributed by atoms with Crippen molar-refractivity contribution in [3.05, 3.63) is 71.8 Å². The Labute approximate surface area is 225 Å². The van der Waals surface area contributed by atoms with Gasteiger partial charge in [-0.3, -0.25) is 9.69 Å². The molecule has 0 fully saturated rings. The van der Waals surface area contributed by atoms with E-state index in [1.807, 2.05) is 60.7 Å². The van der Waals surface area contributed by atoms with E-state index >= 15 is 0 Å². The van der Waals surface area contributed by atoms with Gasteiger partial charge in [-0.1, -0.05) is 60.7 Å². The average Bonchev–Trinajstić information content (AvgIpc) is 2.82. The summed E-state index contributed by atoms with van der Waals surface area (Å²) >= 11 is 0. The first kappa shape index (κ1) is 31.2. The minimum atomic E-state index is -1.61. The van der Waals surface area contributed by atoms with Crippen LogP contribution in [0.25, 0.3) is 0 Å². The summed E-state index contributed by atoms with van der Waals surface area (Å²) in [5.74, 6) is -0.609. The summed E-state index contributed by atoms with van der Waals surface area (Å²) in [6.45, 7) is 8.14. The van der Waals surface area contributed by atoms with E-state index in [-0.39, 0.29) is 13.1 Å². The Kier molecular flexibility index (Phi) is 11.3. The number of carboxylic acid groups (broad SMARTS) is 1. The van der Waals surface area contributed by atoms with Gasteiger partial charge in [-0.15, -0.1) is 0 Å². The lowest BCUT2D eigenvalue weighted by atomic mass is 9.94. The Morgan fingerprint density at radius 3 is 1.74 bits per heavy atom. The van der Waals surface area contributed by atoms with E-state index in [2.05, 4.69) is 10.6 Å². The molecule has 0 heterocycles. The van der Waals surface area contributed by atoms with Crippen molar-refractivity contribution in [1.29, 1.82) is 0 Å². The maximum Gasteiger partial charge on any atom is 0.408 e. The number of carbonyl (C=O) groups excluding carboxylic acids is 1. The number of nitrogens with one attached hydrogen (secondary N) is 2. The number of aliphatic hydroxyl groups excluding tert-OH is 2. The third-order valence-electron chi connectivity index (χ3n) is 6.33. The van der Waals surface area contributed by atoms with E-state index in [9.17, 15) is 30.0 Å². The zero-order valence-corrected chi connectivity index (χ0v) is 23.0. The highest BCUT2D eigenvalue weighted by molar-refractivity contribution is 5.84. The molecule has 0 saturated heterocycles. The molecule has 6 N–H and O–H groups in total. The van der Waals surface area contributed by atoms with Crippen molar-refractivity contribution in [2.75, 3.05) is 13.1 Å². The molecule has 2 amide bonds. The van der Waals surface area contributed by atoms with Crippen molar-refractivity contribution in [3.63, 3.8) is 0 Å². The third-order valence-corrected chi connectivity index (χ3v) is 6.33. The van der Waals surface area contributed by atoms with Gasteiger partial charge in [-0.25, -0.2) is 4.79 Å². The molecule has 0 spiro atoms. The van der Waals surface area contributed by atoms with Gasteiger partial charge in [-0.2, -0.15) is 0 Å². The Hall–Kier alpha value is -2.98. The molecular formula is C29H43N3O6. The highest BCUT2D eigenvalue weighted by Crippen LogP contribution is 2.23. The normalized spacial score (nSPS) is 15.3. The second kappa shape index (κ2) is 13.7. The molecule has 0 aliphatic rings. The number of benzene rings is 2. The minimum absolute atomic E-state index is 0.0198. The molecular weight excluding hydrogens is 486 g/mol. The van der Waals surface area contributed by atoms with E-state index < -0.39 is 47.4 Å². The highest BCUT2D eigenvalue weighted by Gasteiger charge is 2.37. The molecule has 2 aromatic rings. The van der Waals surface area contributed by atoms with E-state index in [1.165, 1.54) is 18.7 Å². The molecule has 0 bridgehead atoms. The molecule has 0 aliphatic carbocycles. The third kappa shape index (κ3) is 9.72. The van der Waals surface area contributed by atoms with Crippen molar-refractivity contribution in [3.8, 4) is 0 Å². The molecule has 0 aliphatic heterocycles. The second-order valence-corrected chi connectivity index (χ2v) is 11.2. The molecule has 38 heavy (non-hydrogen) atoms. The van der Waals surface area contributed by atoms with Crippen molar-refractivity contribution >= 4 is 12.0 Å². The first-order valence-corrected chi connectivity index (χ1v) is 12.9. The Morgan fingerprint density at radius 2 is 1.29 bits per heavy atom. The Bertz CT molecular complexity index is 1000. The number of nitrogens with zero attached hydrogens (tertiary/aromatic N) is 1. The SMILES string of the molecule is CC(C)(O)C(=O)N[C@@H](Cc1ccccc1)[C@H](O)CNC[C@@H](O)[C@H](Cc1ccccc1)N(C(=O)O)C(C)(C)C. The van der Waals surface area contributed by atoms with Crippen LogP contribution in [0.5, 0.6) is 0 Å². The average molecular weight is 530 g/mol. The van der Waals surface area contributed by atoms with E-state index in [4.69, 9.17) is 0 Å². The fourth-order valence-corrected chi connectivity index (χ4v) is 4.33. The van der Waals surface area contributed by atoms with Crippen molar-refractivity contribution in [2.24, 2.45) is 0 Å². The van der Waals surface area contributed by atoms with Crippen molar-refractivity contribution in [1.82, 2.24) is 15.5 Å². The smallest absolute Gasteiger partial charge is 0.408 e. The highest BCUT2D eigenvalue weighted by atomic mass is 16.4. The molecule has 210 valence electrons. The second-order valence-electron chi connectivity index (χ2n) is 11.2. The number of aliphatic hydroxyl groups is 3. The van der Waals surface area contributed by atoms with Crippen LogP contribution in [0.15, 0.2) is 60.7 Å². The minimum Gasteiger partial charge on any atom is -0.465 e. The molecule has 0 radical (unpaired) electrons. The number of amides is 2. The first-order chi connectivity index (χ1) is 17.7. The summed E-state index contributed by atoms with van der Waals surface area (Å²) < 4.78 is 0. The molecule has 9 heteroatoms. The quantitative estimate of drug-likeness (QED) is 0.234. The molecule has 4 atom stereocenters. The maximum atomic E-state index is 12.5. The lowest BCUT2D eigenvalue weighted by molar-refractivity contribution is -0.138. The van der Waals surface area contributed by atoms with Gasteiger partial charge in [0.2, 0.25) is 0 Å². The van der Waals surface area contributed by atoms with Gasteiger partial charge in [0.05, 0.1) is 24.3 Å². The van der Waals surface area contributed by atoms with Crippen LogP contribution in [-0.4, -0.2) is 85.8 Å². The molecule has 2 aromatic carbocycles. The lowest BCUT2D eigenvalue weighted by Crippen LogP contribution is -2.58. The summed E-state index contributed by atoms with van der Waals surface area (Å²) in [4.78, 5) is 25.9. The summed E-state index contributed by atoms with van der Waals surface area (Å²) in [6, 6.07) is 17.3. The standard InChI is InChI=1S/C29H43N3O6/c1-28(2,3)32(27(36)37)23(17-21-14-10-7-11-15-21)25(34)19-30-18-24(33)22(31-26(35)29(4,5)38)16-20-12-8-6-9-13-20/h6-15,22-25,30,33-34,38H,16-19H2,1-5H3,(H,31,35)(H,36,37)/t22-,23-,24+,25+/m0/s1. The molecule has 0 aromatic heterocycles. The van der Waals surface area contributed by atoms with Crippen LogP contribution in [-0.2, 0) is 17.6 Å². The first-order valence-electron chi connectivity index (χ1n) is 12.9. The van der Waals surface area contributed by atoms with Gasteiger partial charge < -0.3 is 31.1 Å². The van der Waals surface area contributed by atoms with Gasteiger partial charge in [0.1, 0.15) is 5.60 Å². The van der Waals surface area contributed by atoms with Crippen LogP contribution in [0.3, 0.4) is 0 Å². The van der Waals surface area contributed by atoms with Crippen LogP contribution < -0.4 is 10.6 Å². The predicted molar refractivity (Wildman–Crippen MR) is 147 cm³/mol. The molecule has 0 saturated carbocycles. The topological polar surface area (TPSA) is 142 Å². The van der Waals surface area contributed by atoms with Crippen LogP contribution >= 0.6 is 0 Å². The number of carbonyl (C=O) groups is 2. The van der Waals surface area contributed by atoms with Crippen LogP contribution in [0.4, 0.5) is 4.79 Å². The van der Waals surface area contributed by atoms with Crippen LogP contribution in [0, 0.1) is 0 Å². The Morgan fingerprint density at radius 1 is 0.816 bits per heavy atom. The molecule has 2 rings (SSSR count). The lowest BCUT2D eigenvalue weighted by Gasteiger charge is -2.42. The molecule has 0 unspecified atom stereocenters. The van der Waals surface area contributed by atoms with E-state index in [1.54, 1.807) is 20.8 Å². The van der Waals surface area contributed by atoms with Gasteiger partial charge in [0.25, 0.3) is 5.91 Å². The number of hydrogen-bond donors (Lipinski definition) is 6. The predicted octanol–water partition coefficient (Wildman–Crippen LogP) is 2.19. The number of rotatable bonds is 13. The van der Waals surface area contributed by atoms with Gasteiger partial charge in [-0.05, 0) is 58.6 Å². The van der Waals surface area contributed by atoms with Crippen molar-refractivity contribution in [2.45, 2.75) is 82.9 Å². The zero-order chi connectivity index (χ0) is 28.5. The van der Waals surface area contributed by atoms with E-state index in [0.29, 0.717) is 12.8 Å². The van der Waals surface area contributed by atoms with Crippen LogP contribution in [0.1, 0.15) is 45.7 Å². The number of hydrogen-bond acceptors (Lipinski definition) is 6.